The summed E-state index contributed by atoms with van der Waals surface area (Å²) in [5.74, 6) is -0.507. The third-order valence-electron chi connectivity index (χ3n) is 21.4. The molecular weight excluding hydrogens is 1020 g/mol. The van der Waals surface area contributed by atoms with Gasteiger partial charge in [0.25, 0.3) is 0 Å². The van der Waals surface area contributed by atoms with Crippen molar-refractivity contribution < 1.29 is 114 Å². The van der Waals surface area contributed by atoms with Gasteiger partial charge < -0.3 is 109 Å². The van der Waals surface area contributed by atoms with Crippen molar-refractivity contribution in [3.05, 3.63) is 11.6 Å². The largest absolute Gasteiger partial charge is 0.432 e. The Labute approximate surface area is 449 Å². The van der Waals surface area contributed by atoms with Crippen LogP contribution in [-0.4, -0.2) is 233 Å². The molecular formula is C54H88O23. The fourth-order valence-corrected chi connectivity index (χ4v) is 16.5. The van der Waals surface area contributed by atoms with Crippen LogP contribution in [-0.2, 0) is 42.7 Å². The first-order valence-electron chi connectivity index (χ1n) is 27.8. The predicted octanol–water partition coefficient (Wildman–Crippen LogP) is -2.04. The van der Waals surface area contributed by atoms with E-state index in [1.807, 2.05) is 0 Å². The Kier molecular flexibility index (Phi) is 17.0. The molecule has 0 aromatic carbocycles. The first kappa shape index (κ1) is 60.0. The number of aliphatic hydroxyl groups is 14. The normalized spacial score (nSPS) is 53.4. The number of carbonyl (C=O) groups is 1. The van der Waals surface area contributed by atoms with Gasteiger partial charge in [0.15, 0.2) is 18.9 Å². The first-order valence-corrected chi connectivity index (χ1v) is 27.8. The van der Waals surface area contributed by atoms with Crippen LogP contribution in [0.25, 0.3) is 0 Å². The maximum atomic E-state index is 14.8. The van der Waals surface area contributed by atoms with Gasteiger partial charge in [0.05, 0.1) is 37.9 Å². The standard InChI is InChI=1S/C54H88O23/c1-49(2)14-16-54(48(69)77-46-41(68)38(65)34(61)27(21-57)72-46)17-15-52(6)23(24(54)18-49)8-9-30-51(5)12-11-31(50(3,4)29(51)10-13-53(30,52)7)74-47-43(76-45-40(67)37(64)33(60)26(20-56)71-45)42(35(62)28(22-58)73-47)75-44-39(66)36(63)32(59)25(19-55)70-44/h8,24-47,55-68H,9-22H2,1-7H3/t24-,25-,26-,27-,28-,29-,30-,31-,32-,33-,34-,35-,36+,37+,38+,39-,40-,41-,42+,43-,44+,45+,46+,47+,51-,52-,53-,54+/m1/s1. The maximum Gasteiger partial charge on any atom is 0.315 e. The Bertz CT molecular complexity index is 2110. The lowest BCUT2D eigenvalue weighted by molar-refractivity contribution is -0.399. The number of carbonyl (C=O) groups excluding carboxylic acids is 1. The summed E-state index contributed by atoms with van der Waals surface area (Å²) >= 11 is 0. The van der Waals surface area contributed by atoms with Gasteiger partial charge in [-0.3, -0.25) is 4.79 Å². The Balaban J connectivity index is 0.995. The van der Waals surface area contributed by atoms with Gasteiger partial charge in [-0.15, -0.1) is 0 Å². The SMILES string of the molecule is CC1(C)CC[C@]2(C(=O)O[C@@H]3O[C@H](CO)[C@@H](O)[C@H](O)[C@H]3O)CC[C@]3(C)C(=CC[C@@H]4[C@]5(C)CC[C@@H](O[C@@H]6O[C@H](CO)[C@@H](O)[C@H](O[C@@H]7O[C@H](CO)[C@@H](O)[C@H](O)[C@H]7O)[C@H]6O[C@@H]6O[C@H](CO)[C@@H](O)[C@H](O)[C@H]6O)C(C)(C)[C@H]5CC[C@]43C)[C@H]2C1. The molecule has 0 spiro atoms. The molecule has 0 amide bonds. The zero-order valence-corrected chi connectivity index (χ0v) is 45.3. The Morgan fingerprint density at radius 3 is 1.55 bits per heavy atom. The average molecular weight is 1110 g/mol. The Morgan fingerprint density at radius 1 is 0.519 bits per heavy atom. The lowest BCUT2D eigenvalue weighted by atomic mass is 9.33. The van der Waals surface area contributed by atoms with E-state index in [0.29, 0.717) is 32.1 Å². The molecule has 5 aliphatic carbocycles. The summed E-state index contributed by atoms with van der Waals surface area (Å²) in [6.07, 6.45) is -25.0. The third kappa shape index (κ3) is 9.80. The van der Waals surface area contributed by atoms with Gasteiger partial charge in [-0.2, -0.15) is 0 Å². The van der Waals surface area contributed by atoms with Gasteiger partial charge in [-0.25, -0.2) is 0 Å². The topological polar surface area (TPSA) is 374 Å². The van der Waals surface area contributed by atoms with Gasteiger partial charge in [0, 0.05) is 0 Å². The van der Waals surface area contributed by atoms with Crippen LogP contribution in [0.2, 0.25) is 0 Å². The summed E-state index contributed by atoms with van der Waals surface area (Å²) in [5.41, 5.74) is -1.27. The Hall–Kier alpha value is -1.63. The molecule has 4 aliphatic heterocycles. The molecule has 0 unspecified atom stereocenters. The van der Waals surface area contributed by atoms with Crippen molar-refractivity contribution in [2.75, 3.05) is 26.4 Å². The van der Waals surface area contributed by atoms with E-state index >= 15 is 0 Å². The van der Waals surface area contributed by atoms with Crippen molar-refractivity contribution in [1.29, 1.82) is 0 Å². The van der Waals surface area contributed by atoms with Crippen LogP contribution in [0.15, 0.2) is 11.6 Å². The Morgan fingerprint density at radius 2 is 1.00 bits per heavy atom. The van der Waals surface area contributed by atoms with Crippen LogP contribution >= 0.6 is 0 Å². The van der Waals surface area contributed by atoms with E-state index in [2.05, 4.69) is 54.5 Å². The van der Waals surface area contributed by atoms with E-state index in [9.17, 15) is 76.3 Å². The summed E-state index contributed by atoms with van der Waals surface area (Å²) in [6, 6.07) is 0. The van der Waals surface area contributed by atoms with E-state index in [0.717, 1.165) is 32.1 Å². The second-order valence-electron chi connectivity index (χ2n) is 26.3. The van der Waals surface area contributed by atoms with Crippen molar-refractivity contribution in [1.82, 2.24) is 0 Å². The highest BCUT2D eigenvalue weighted by molar-refractivity contribution is 5.79. The van der Waals surface area contributed by atoms with Gasteiger partial charge in [0.1, 0.15) is 97.7 Å². The molecule has 0 radical (unpaired) electrons. The number of rotatable bonds is 12. The fourth-order valence-electron chi connectivity index (χ4n) is 16.5. The van der Waals surface area contributed by atoms with E-state index < -0.39 is 172 Å². The summed E-state index contributed by atoms with van der Waals surface area (Å²) in [5, 5.41) is 149. The highest BCUT2D eigenvalue weighted by atomic mass is 16.8. The van der Waals surface area contributed by atoms with Crippen molar-refractivity contribution in [3.63, 3.8) is 0 Å². The molecule has 23 heteroatoms. The van der Waals surface area contributed by atoms with E-state index in [4.69, 9.17) is 37.9 Å². The minimum absolute atomic E-state index is 0.0454. The third-order valence-corrected chi connectivity index (χ3v) is 21.4. The average Bonchev–Trinajstić information content (AvgIpc) is 3.55. The summed E-state index contributed by atoms with van der Waals surface area (Å²) in [7, 11) is 0. The second-order valence-corrected chi connectivity index (χ2v) is 26.3. The number of aliphatic hydroxyl groups excluding tert-OH is 14. The molecule has 442 valence electrons. The van der Waals surface area contributed by atoms with E-state index in [-0.39, 0.29) is 39.4 Å². The van der Waals surface area contributed by atoms with Crippen LogP contribution < -0.4 is 0 Å². The van der Waals surface area contributed by atoms with Crippen molar-refractivity contribution >= 4 is 5.97 Å². The van der Waals surface area contributed by atoms with Crippen LogP contribution in [0.3, 0.4) is 0 Å². The van der Waals surface area contributed by atoms with Crippen LogP contribution in [0.1, 0.15) is 113 Å². The molecule has 0 bridgehead atoms. The predicted molar refractivity (Wildman–Crippen MR) is 263 cm³/mol. The van der Waals surface area contributed by atoms with Crippen molar-refractivity contribution in [2.45, 2.75) is 242 Å². The lowest BCUT2D eigenvalue weighted by Gasteiger charge is -2.71. The summed E-state index contributed by atoms with van der Waals surface area (Å²) in [4.78, 5) is 14.8. The fraction of sp³-hybridized carbons (Fsp3) is 0.944. The van der Waals surface area contributed by atoms with E-state index in [1.165, 1.54) is 5.57 Å². The smallest absolute Gasteiger partial charge is 0.315 e. The number of fused-ring (bicyclic) bond motifs is 7. The van der Waals surface area contributed by atoms with Crippen LogP contribution in [0, 0.1) is 50.2 Å². The number of hydrogen-bond acceptors (Lipinski definition) is 23. The molecule has 9 aliphatic rings. The molecule has 23 nitrogen and oxygen atoms in total. The number of ether oxygens (including phenoxy) is 8. The maximum absolute atomic E-state index is 14.8. The van der Waals surface area contributed by atoms with Crippen molar-refractivity contribution in [3.8, 4) is 0 Å². The molecule has 8 fully saturated rings. The monoisotopic (exact) mass is 1100 g/mol. The zero-order chi connectivity index (χ0) is 56.3. The molecule has 0 aromatic heterocycles. The summed E-state index contributed by atoms with van der Waals surface area (Å²) < 4.78 is 48.9. The first-order chi connectivity index (χ1) is 36.1. The van der Waals surface area contributed by atoms with Gasteiger partial charge in [-0.1, -0.05) is 60.1 Å². The highest BCUT2D eigenvalue weighted by Gasteiger charge is 2.70. The second kappa shape index (κ2) is 21.8. The number of allylic oxidation sites excluding steroid dienone is 2. The lowest BCUT2D eigenvalue weighted by Crippen LogP contribution is -2.68. The van der Waals surface area contributed by atoms with Gasteiger partial charge in [-0.05, 0) is 109 Å². The highest BCUT2D eigenvalue weighted by Crippen LogP contribution is 2.76. The quantitative estimate of drug-likeness (QED) is 0.0569. The zero-order valence-electron chi connectivity index (χ0n) is 45.3. The van der Waals surface area contributed by atoms with Crippen LogP contribution in [0.4, 0.5) is 0 Å². The van der Waals surface area contributed by atoms with Gasteiger partial charge in [0.2, 0.25) is 6.29 Å². The minimum atomic E-state index is -1.94. The number of hydrogen-bond donors (Lipinski definition) is 14. The van der Waals surface area contributed by atoms with Crippen molar-refractivity contribution in [2.24, 2.45) is 50.2 Å². The van der Waals surface area contributed by atoms with Crippen LogP contribution in [0.5, 0.6) is 0 Å². The molecule has 14 N–H and O–H groups in total. The molecule has 77 heavy (non-hydrogen) atoms. The van der Waals surface area contributed by atoms with E-state index in [1.54, 1.807) is 0 Å². The molecule has 28 atom stereocenters. The minimum Gasteiger partial charge on any atom is -0.432 e. The van der Waals surface area contributed by atoms with Gasteiger partial charge >= 0.3 is 5.97 Å². The molecule has 9 rings (SSSR count). The molecule has 0 aromatic rings. The molecule has 4 heterocycles. The molecule has 4 saturated heterocycles. The summed E-state index contributed by atoms with van der Waals surface area (Å²) in [6.45, 7) is 12.8. The number of esters is 1. The molecule has 4 saturated carbocycles.